The maximum atomic E-state index is 13.5. The van der Waals surface area contributed by atoms with Gasteiger partial charge in [-0.2, -0.15) is 0 Å². The molecule has 2 N–H and O–H groups in total. The molecule has 0 saturated carbocycles. The van der Waals surface area contributed by atoms with E-state index >= 15 is 0 Å². The van der Waals surface area contributed by atoms with E-state index in [9.17, 15) is 4.39 Å². The van der Waals surface area contributed by atoms with Gasteiger partial charge in [-0.3, -0.25) is 4.90 Å². The molecule has 0 aromatic heterocycles. The van der Waals surface area contributed by atoms with Crippen LogP contribution in [0.1, 0.15) is 31.4 Å². The summed E-state index contributed by atoms with van der Waals surface area (Å²) in [6.07, 6.45) is 1.21. The molecule has 0 radical (unpaired) electrons. The average Bonchev–Trinajstić information content (AvgIpc) is 2.33. The van der Waals surface area contributed by atoms with Crippen molar-refractivity contribution in [2.24, 2.45) is 17.6 Å². The Hall–Kier alpha value is -1.00. The van der Waals surface area contributed by atoms with Crippen LogP contribution in [0.15, 0.2) is 18.2 Å². The molecule has 2 atom stereocenters. The lowest BCUT2D eigenvalue weighted by atomic mass is 9.88. The number of piperidine rings is 1. The third-order valence-electron chi connectivity index (χ3n) is 4.07. The lowest BCUT2D eigenvalue weighted by Gasteiger charge is -2.35. The Kier molecular flexibility index (Phi) is 4.53. The van der Waals surface area contributed by atoms with Crippen LogP contribution in [-0.2, 0) is 6.54 Å². The second kappa shape index (κ2) is 5.97. The highest BCUT2D eigenvalue weighted by Crippen LogP contribution is 2.24. The first-order valence-electron chi connectivity index (χ1n) is 6.77. The molecule has 1 fully saturated rings. The second-order valence-electron chi connectivity index (χ2n) is 5.69. The fraction of sp³-hybridized carbons (Fsp3) is 0.533. The third-order valence-corrected chi connectivity index (χ3v) is 4.30. The van der Waals surface area contributed by atoms with Crippen LogP contribution in [0.25, 0.3) is 0 Å². The lowest BCUT2D eigenvalue weighted by Crippen LogP contribution is -2.37. The molecule has 2 unspecified atom stereocenters. The standard InChI is InChI=1S/C15H21FN2S/c1-10-3-4-18(8-11(10)2)9-12-5-13(15(17)19)7-14(16)6-12/h5-7,10-11H,3-4,8-9H2,1-2H3,(H2,17,19). The molecule has 0 aliphatic carbocycles. The van der Waals surface area contributed by atoms with Gasteiger partial charge < -0.3 is 5.73 Å². The van der Waals surface area contributed by atoms with Gasteiger partial charge in [0.25, 0.3) is 0 Å². The first-order chi connectivity index (χ1) is 8.95. The van der Waals surface area contributed by atoms with Gasteiger partial charge in [-0.1, -0.05) is 26.1 Å². The topological polar surface area (TPSA) is 29.3 Å². The highest BCUT2D eigenvalue weighted by Gasteiger charge is 2.22. The van der Waals surface area contributed by atoms with E-state index in [1.807, 2.05) is 6.07 Å². The molecule has 19 heavy (non-hydrogen) atoms. The zero-order chi connectivity index (χ0) is 14.0. The number of nitrogens with zero attached hydrogens (tertiary/aromatic N) is 1. The molecule has 1 aromatic carbocycles. The maximum absolute atomic E-state index is 13.5. The molecule has 104 valence electrons. The van der Waals surface area contributed by atoms with Crippen molar-refractivity contribution < 1.29 is 4.39 Å². The number of hydrogen-bond acceptors (Lipinski definition) is 2. The summed E-state index contributed by atoms with van der Waals surface area (Å²) in [6.45, 7) is 7.49. The van der Waals surface area contributed by atoms with Crippen molar-refractivity contribution in [2.45, 2.75) is 26.8 Å². The molecule has 0 spiro atoms. The Morgan fingerprint density at radius 1 is 1.37 bits per heavy atom. The molecule has 1 aliphatic rings. The first-order valence-corrected chi connectivity index (χ1v) is 7.18. The number of rotatable bonds is 3. The van der Waals surface area contributed by atoms with Crippen molar-refractivity contribution in [1.29, 1.82) is 0 Å². The van der Waals surface area contributed by atoms with Gasteiger partial charge in [-0.15, -0.1) is 0 Å². The molecular formula is C15H21FN2S. The molecule has 2 nitrogen and oxygen atoms in total. The Bertz CT molecular complexity index is 475. The highest BCUT2D eigenvalue weighted by molar-refractivity contribution is 7.80. The summed E-state index contributed by atoms with van der Waals surface area (Å²) >= 11 is 4.92. The van der Waals surface area contributed by atoms with Gasteiger partial charge in [0.15, 0.2) is 0 Å². The second-order valence-corrected chi connectivity index (χ2v) is 6.13. The van der Waals surface area contributed by atoms with Gasteiger partial charge in [0.1, 0.15) is 10.8 Å². The number of thiocarbonyl (C=S) groups is 1. The summed E-state index contributed by atoms with van der Waals surface area (Å²) in [5.74, 6) is 1.20. The van der Waals surface area contributed by atoms with Crippen molar-refractivity contribution in [1.82, 2.24) is 4.90 Å². The molecular weight excluding hydrogens is 259 g/mol. The summed E-state index contributed by atoms with van der Waals surface area (Å²) in [6, 6.07) is 4.87. The molecule has 2 rings (SSSR count). The zero-order valence-corrected chi connectivity index (χ0v) is 12.3. The minimum Gasteiger partial charge on any atom is -0.389 e. The Morgan fingerprint density at radius 2 is 2.11 bits per heavy atom. The van der Waals surface area contributed by atoms with Gasteiger partial charge in [0.05, 0.1) is 0 Å². The number of nitrogens with two attached hydrogens (primary N) is 1. The van der Waals surface area contributed by atoms with Gasteiger partial charge in [-0.05, 0) is 48.6 Å². The van der Waals surface area contributed by atoms with Crippen molar-refractivity contribution in [3.8, 4) is 0 Å². The van der Waals surface area contributed by atoms with Crippen molar-refractivity contribution in [3.63, 3.8) is 0 Å². The van der Waals surface area contributed by atoms with E-state index < -0.39 is 0 Å². The summed E-state index contributed by atoms with van der Waals surface area (Å²) in [5.41, 5.74) is 7.14. The molecule has 1 aromatic rings. The van der Waals surface area contributed by atoms with Crippen LogP contribution in [0.5, 0.6) is 0 Å². The van der Waals surface area contributed by atoms with Crippen LogP contribution < -0.4 is 5.73 Å². The highest BCUT2D eigenvalue weighted by atomic mass is 32.1. The summed E-state index contributed by atoms with van der Waals surface area (Å²) in [5, 5.41) is 0. The van der Waals surface area contributed by atoms with Gasteiger partial charge in [-0.25, -0.2) is 4.39 Å². The number of hydrogen-bond donors (Lipinski definition) is 1. The van der Waals surface area contributed by atoms with Crippen LogP contribution in [0.4, 0.5) is 4.39 Å². The lowest BCUT2D eigenvalue weighted by molar-refractivity contribution is 0.132. The fourth-order valence-electron chi connectivity index (χ4n) is 2.63. The van der Waals surface area contributed by atoms with Crippen LogP contribution in [0, 0.1) is 17.7 Å². The van der Waals surface area contributed by atoms with Gasteiger partial charge in [0, 0.05) is 18.7 Å². The molecule has 0 bridgehead atoms. The average molecular weight is 280 g/mol. The molecule has 1 saturated heterocycles. The SMILES string of the molecule is CC1CCN(Cc2cc(F)cc(C(N)=S)c2)CC1C. The van der Waals surface area contributed by atoms with E-state index in [0.29, 0.717) is 11.5 Å². The predicted octanol–water partition coefficient (Wildman–Crippen LogP) is 2.94. The summed E-state index contributed by atoms with van der Waals surface area (Å²) in [4.78, 5) is 2.63. The van der Waals surface area contributed by atoms with Gasteiger partial charge in [0.2, 0.25) is 0 Å². The smallest absolute Gasteiger partial charge is 0.124 e. The molecule has 0 amide bonds. The number of likely N-dealkylation sites (tertiary alicyclic amines) is 1. The fourth-order valence-corrected chi connectivity index (χ4v) is 2.75. The number of halogens is 1. The molecule has 4 heteroatoms. The largest absolute Gasteiger partial charge is 0.389 e. The van der Waals surface area contributed by atoms with E-state index in [1.165, 1.54) is 12.5 Å². The quantitative estimate of drug-likeness (QED) is 0.863. The zero-order valence-electron chi connectivity index (χ0n) is 11.5. The predicted molar refractivity (Wildman–Crippen MR) is 80.5 cm³/mol. The third kappa shape index (κ3) is 3.74. The van der Waals surface area contributed by atoms with E-state index in [1.54, 1.807) is 6.07 Å². The molecule has 1 heterocycles. The van der Waals surface area contributed by atoms with Crippen LogP contribution in [0.3, 0.4) is 0 Å². The minimum atomic E-state index is -0.265. The summed E-state index contributed by atoms with van der Waals surface area (Å²) in [7, 11) is 0. The number of benzene rings is 1. The minimum absolute atomic E-state index is 0.251. The van der Waals surface area contributed by atoms with Crippen molar-refractivity contribution >= 4 is 17.2 Å². The van der Waals surface area contributed by atoms with Crippen LogP contribution in [0.2, 0.25) is 0 Å². The Morgan fingerprint density at radius 3 is 2.74 bits per heavy atom. The van der Waals surface area contributed by atoms with Gasteiger partial charge >= 0.3 is 0 Å². The normalized spacial score (nSPS) is 24.4. The first kappa shape index (κ1) is 14.4. The summed E-state index contributed by atoms with van der Waals surface area (Å²) < 4.78 is 13.5. The van der Waals surface area contributed by atoms with E-state index in [4.69, 9.17) is 18.0 Å². The monoisotopic (exact) mass is 280 g/mol. The van der Waals surface area contributed by atoms with E-state index in [2.05, 4.69) is 18.7 Å². The van der Waals surface area contributed by atoms with Crippen LogP contribution in [-0.4, -0.2) is 23.0 Å². The Labute approximate surface area is 119 Å². The maximum Gasteiger partial charge on any atom is 0.124 e. The molecule has 1 aliphatic heterocycles. The van der Waals surface area contributed by atoms with Crippen LogP contribution >= 0.6 is 12.2 Å². The van der Waals surface area contributed by atoms with Crippen molar-refractivity contribution in [3.05, 3.63) is 35.1 Å². The van der Waals surface area contributed by atoms with E-state index in [0.717, 1.165) is 31.1 Å². The van der Waals surface area contributed by atoms with Crippen molar-refractivity contribution in [2.75, 3.05) is 13.1 Å². The Balaban J connectivity index is 2.09. The van der Waals surface area contributed by atoms with E-state index in [-0.39, 0.29) is 10.8 Å².